The lowest BCUT2D eigenvalue weighted by atomic mass is 9.98. The zero-order valence-corrected chi connectivity index (χ0v) is 42.9. The maximum Gasteiger partial charge on any atom is 0.319 e. The molecule has 0 aliphatic carbocycles. The van der Waals surface area contributed by atoms with Gasteiger partial charge in [0.15, 0.2) is 0 Å². The molecule has 4 fully saturated rings. The lowest BCUT2D eigenvalue weighted by Crippen LogP contribution is -2.48. The normalized spacial score (nSPS) is 19.4. The third-order valence-electron chi connectivity index (χ3n) is 15.2. The van der Waals surface area contributed by atoms with Crippen LogP contribution < -0.4 is 29.5 Å². The Hall–Kier alpha value is -7.64. The number of piperazine rings is 2. The lowest BCUT2D eigenvalue weighted by Gasteiger charge is -2.35. The number of benzene rings is 3. The maximum absolute atomic E-state index is 14.4. The minimum absolute atomic E-state index is 0.0326. The lowest BCUT2D eigenvalue weighted by molar-refractivity contribution is -0.127. The minimum Gasteiger partial charge on any atom is -0.508 e. The number of para-hydroxylation sites is 1. The first-order valence-corrected chi connectivity index (χ1v) is 26.3. The van der Waals surface area contributed by atoms with Gasteiger partial charge in [-0.15, -0.1) is 0 Å². The number of phenols is 1. The number of likely N-dealkylation sites (tertiary alicyclic amines) is 2. The Morgan fingerprint density at radius 2 is 1.37 bits per heavy atom. The van der Waals surface area contributed by atoms with Crippen LogP contribution in [0.25, 0.3) is 10.8 Å². The number of amides is 4. The van der Waals surface area contributed by atoms with Gasteiger partial charge in [-0.1, -0.05) is 55.1 Å². The van der Waals surface area contributed by atoms with E-state index >= 15 is 0 Å². The summed E-state index contributed by atoms with van der Waals surface area (Å²) < 4.78 is 12.6. The average Bonchev–Trinajstić information content (AvgIpc) is 4.08. The number of rotatable bonds is 15. The van der Waals surface area contributed by atoms with Gasteiger partial charge in [-0.2, -0.15) is 19.9 Å². The molecule has 75 heavy (non-hydrogen) atoms. The van der Waals surface area contributed by atoms with Crippen LogP contribution >= 0.6 is 0 Å². The number of hydrogen-bond donors (Lipinski definition) is 2. The Labute approximate surface area is 437 Å². The van der Waals surface area contributed by atoms with Crippen molar-refractivity contribution in [3.63, 3.8) is 0 Å². The standard InChI is InChI=1S/C56H66N12O7/c1-4-50(70)66-28-24-65(25-29-66)49-35-47(54(73)68-23-8-15-39-14-7-12-38(2)52(39)68)59-56(61-49)75-37-42-17-10-21-63(42)22-11-19-51(71)67-30-26-64(27-31-67)48-34-46(58-55(60-48)74-36-41-16-9-20-62(41)3)53(72)57-45-33-43(69)32-40-13-5-6-18-44(40)45/h4-7,11-14,18-19,32-35,41-42,69H,1,8-10,15-17,20-31,36-37H2,2-3H3,(H,57,72)/b19-11+/t41-,42-/m0/s1. The van der Waals surface area contributed by atoms with Crippen molar-refractivity contribution >= 4 is 57.4 Å². The molecule has 5 aromatic rings. The van der Waals surface area contributed by atoms with Gasteiger partial charge < -0.3 is 49.3 Å². The molecule has 5 aliphatic rings. The van der Waals surface area contributed by atoms with E-state index in [-0.39, 0.29) is 59.0 Å². The monoisotopic (exact) mass is 1020 g/mol. The van der Waals surface area contributed by atoms with E-state index in [1.807, 2.05) is 64.1 Å². The Balaban J connectivity index is 0.772. The number of nitrogens with one attached hydrogen (secondary N) is 1. The Bertz CT molecular complexity index is 2970. The highest BCUT2D eigenvalue weighted by molar-refractivity contribution is 6.09. The summed E-state index contributed by atoms with van der Waals surface area (Å²) in [4.78, 5) is 87.2. The van der Waals surface area contributed by atoms with Crippen molar-refractivity contribution in [1.29, 1.82) is 0 Å². The second-order valence-corrected chi connectivity index (χ2v) is 20.0. The summed E-state index contributed by atoms with van der Waals surface area (Å²) in [5.41, 5.74) is 3.96. The Morgan fingerprint density at radius 1 is 0.720 bits per heavy atom. The fourth-order valence-electron chi connectivity index (χ4n) is 11.0. The number of carbonyl (C=O) groups excluding carboxylic acids is 4. The van der Waals surface area contributed by atoms with Gasteiger partial charge in [0.2, 0.25) is 11.8 Å². The molecular formula is C56H66N12O7. The molecule has 4 amide bonds. The average molecular weight is 1020 g/mol. The number of aromatic nitrogens is 4. The van der Waals surface area contributed by atoms with E-state index < -0.39 is 5.91 Å². The van der Waals surface area contributed by atoms with Crippen LogP contribution in [0, 0.1) is 6.92 Å². The van der Waals surface area contributed by atoms with E-state index in [4.69, 9.17) is 24.4 Å². The summed E-state index contributed by atoms with van der Waals surface area (Å²) in [6.07, 6.45) is 10.6. The van der Waals surface area contributed by atoms with E-state index in [1.54, 1.807) is 29.2 Å². The number of aromatic hydroxyl groups is 1. The molecule has 2 N–H and O–H groups in total. The molecule has 0 bridgehead atoms. The molecule has 5 aliphatic heterocycles. The number of phenolic OH excluding ortho intramolecular Hbond substituents is 1. The Morgan fingerprint density at radius 3 is 2.08 bits per heavy atom. The molecule has 19 heteroatoms. The Kier molecular flexibility index (Phi) is 15.5. The van der Waals surface area contributed by atoms with Gasteiger partial charge in [-0.25, -0.2) is 0 Å². The molecule has 10 rings (SSSR count). The van der Waals surface area contributed by atoms with Gasteiger partial charge in [-0.05, 0) is 94.2 Å². The highest BCUT2D eigenvalue weighted by Gasteiger charge is 2.31. The van der Waals surface area contributed by atoms with Crippen molar-refractivity contribution < 1.29 is 33.8 Å². The summed E-state index contributed by atoms with van der Waals surface area (Å²) in [7, 11) is 2.07. The van der Waals surface area contributed by atoms with E-state index in [0.717, 1.165) is 79.2 Å². The number of carbonyl (C=O) groups is 4. The summed E-state index contributed by atoms with van der Waals surface area (Å²) in [5, 5.41) is 14.9. The molecular weight excluding hydrogens is 953 g/mol. The van der Waals surface area contributed by atoms with Crippen LogP contribution in [0.5, 0.6) is 17.8 Å². The van der Waals surface area contributed by atoms with Gasteiger partial charge in [0, 0.05) is 107 Å². The molecule has 3 aromatic carbocycles. The number of aryl methyl sites for hydroxylation is 2. The number of anilines is 4. The SMILES string of the molecule is C=CC(=O)N1CCN(c2cc(C(=O)N3CCCc4cccc(C)c43)nc(OC[C@@H]3CCCN3C/C=C/C(=O)N3CCN(c4cc(C(=O)Nc5cc(O)cc6ccccc56)nc(OC[C@@H]5CCCN5C)n4)CC3)n2)CC1. The zero-order chi connectivity index (χ0) is 52.0. The van der Waals surface area contributed by atoms with Crippen molar-refractivity contribution in [1.82, 2.24) is 39.5 Å². The first-order valence-electron chi connectivity index (χ1n) is 26.3. The largest absolute Gasteiger partial charge is 0.508 e. The van der Waals surface area contributed by atoms with Crippen molar-refractivity contribution in [3.8, 4) is 17.8 Å². The number of ether oxygens (including phenoxy) is 2. The molecule has 19 nitrogen and oxygen atoms in total. The number of hydrogen-bond acceptors (Lipinski definition) is 15. The van der Waals surface area contributed by atoms with Crippen molar-refractivity contribution in [3.05, 3.63) is 114 Å². The first-order chi connectivity index (χ1) is 36.5. The molecule has 0 unspecified atom stereocenters. The fraction of sp³-hybridized carbons (Fsp3) is 0.429. The van der Waals surface area contributed by atoms with Crippen molar-refractivity contribution in [2.45, 2.75) is 57.5 Å². The van der Waals surface area contributed by atoms with Crippen molar-refractivity contribution in [2.24, 2.45) is 0 Å². The maximum atomic E-state index is 14.4. The minimum atomic E-state index is -0.467. The second-order valence-electron chi connectivity index (χ2n) is 20.0. The zero-order valence-electron chi connectivity index (χ0n) is 42.9. The van der Waals surface area contributed by atoms with Crippen LogP contribution in [-0.4, -0.2) is 179 Å². The summed E-state index contributed by atoms with van der Waals surface area (Å²) >= 11 is 0. The van der Waals surface area contributed by atoms with Crippen LogP contribution in [0.2, 0.25) is 0 Å². The van der Waals surface area contributed by atoms with Crippen molar-refractivity contribution in [2.75, 3.05) is 119 Å². The molecule has 4 saturated heterocycles. The third kappa shape index (κ3) is 11.7. The number of nitrogens with zero attached hydrogens (tertiary/aromatic N) is 11. The van der Waals surface area contributed by atoms with E-state index in [0.29, 0.717) is 96.0 Å². The third-order valence-corrected chi connectivity index (χ3v) is 15.2. The van der Waals surface area contributed by atoms with E-state index in [1.165, 1.54) is 12.1 Å². The fourth-order valence-corrected chi connectivity index (χ4v) is 11.0. The smallest absolute Gasteiger partial charge is 0.319 e. The summed E-state index contributed by atoms with van der Waals surface area (Å²) in [6, 6.07) is 20.7. The van der Waals surface area contributed by atoms with Gasteiger partial charge in [0.05, 0.1) is 11.4 Å². The van der Waals surface area contributed by atoms with Gasteiger partial charge in [0.1, 0.15) is 42.0 Å². The van der Waals surface area contributed by atoms with E-state index in [2.05, 4.69) is 44.7 Å². The summed E-state index contributed by atoms with van der Waals surface area (Å²) in [5.74, 6) is 0.265. The molecule has 0 saturated carbocycles. The molecule has 0 radical (unpaired) electrons. The molecule has 2 atom stereocenters. The molecule has 7 heterocycles. The number of likely N-dealkylation sites (N-methyl/N-ethyl adjacent to an activating group) is 1. The molecule has 0 spiro atoms. The van der Waals surface area contributed by atoms with E-state index in [9.17, 15) is 24.3 Å². The highest BCUT2D eigenvalue weighted by atomic mass is 16.5. The van der Waals surface area contributed by atoms with Crippen LogP contribution in [0.3, 0.4) is 0 Å². The molecule has 392 valence electrons. The number of fused-ring (bicyclic) bond motifs is 2. The first kappa shape index (κ1) is 50.9. The van der Waals surface area contributed by atoms with Gasteiger partial charge in [0.25, 0.3) is 11.8 Å². The van der Waals surface area contributed by atoms with Gasteiger partial charge in [-0.3, -0.25) is 24.1 Å². The highest BCUT2D eigenvalue weighted by Crippen LogP contribution is 2.33. The second kappa shape index (κ2) is 22.9. The van der Waals surface area contributed by atoms with Gasteiger partial charge >= 0.3 is 12.0 Å². The quantitative estimate of drug-likeness (QED) is 0.128. The summed E-state index contributed by atoms with van der Waals surface area (Å²) in [6.45, 7) is 13.3. The molecule has 2 aromatic heterocycles. The van der Waals surface area contributed by atoms with Crippen LogP contribution in [0.4, 0.5) is 23.0 Å². The van der Waals surface area contributed by atoms with Crippen LogP contribution in [0.15, 0.2) is 91.5 Å². The predicted molar refractivity (Wildman–Crippen MR) is 287 cm³/mol. The topological polar surface area (TPSA) is 193 Å². The van der Waals surface area contributed by atoms with Crippen LogP contribution in [0.1, 0.15) is 64.2 Å². The van der Waals surface area contributed by atoms with Crippen LogP contribution in [-0.2, 0) is 16.0 Å². The predicted octanol–water partition coefficient (Wildman–Crippen LogP) is 5.33.